The minimum atomic E-state index is -0.276. The second-order valence-electron chi connectivity index (χ2n) is 6.24. The van der Waals surface area contributed by atoms with Crippen LogP contribution < -0.4 is 10.1 Å². The molecule has 1 N–H and O–H groups in total. The van der Waals surface area contributed by atoms with E-state index in [0.717, 1.165) is 34.4 Å². The van der Waals surface area contributed by atoms with E-state index in [9.17, 15) is 4.79 Å². The Morgan fingerprint density at radius 2 is 1.86 bits per heavy atom. The number of ether oxygens (including phenoxy) is 1. The third kappa shape index (κ3) is 4.72. The van der Waals surface area contributed by atoms with Gasteiger partial charge in [-0.25, -0.2) is 0 Å². The van der Waals surface area contributed by atoms with Crippen LogP contribution >= 0.6 is 11.8 Å². The summed E-state index contributed by atoms with van der Waals surface area (Å²) in [5.41, 5.74) is 2.04. The lowest BCUT2D eigenvalue weighted by Gasteiger charge is -2.13. The molecule has 0 aliphatic rings. The smallest absolute Gasteiger partial charge is 0.233 e. The van der Waals surface area contributed by atoms with Gasteiger partial charge in [0.25, 0.3) is 0 Å². The predicted molar refractivity (Wildman–Crippen MR) is 111 cm³/mol. The number of carbonyl (C=O) groups is 1. The van der Waals surface area contributed by atoms with E-state index in [2.05, 4.69) is 15.5 Å². The molecule has 3 rings (SSSR count). The first kappa shape index (κ1) is 19.9. The summed E-state index contributed by atoms with van der Waals surface area (Å²) in [4.78, 5) is 12.5. The van der Waals surface area contributed by atoms with Crippen LogP contribution in [0.3, 0.4) is 0 Å². The van der Waals surface area contributed by atoms with Crippen LogP contribution in [-0.4, -0.2) is 33.0 Å². The van der Waals surface area contributed by atoms with Crippen LogP contribution in [0.4, 0.5) is 0 Å². The van der Waals surface area contributed by atoms with Gasteiger partial charge in [0, 0.05) is 18.7 Å². The van der Waals surface area contributed by atoms with E-state index >= 15 is 0 Å². The molecule has 0 saturated carbocycles. The van der Waals surface area contributed by atoms with E-state index in [1.807, 2.05) is 73.0 Å². The molecule has 1 unspecified atom stereocenters. The van der Waals surface area contributed by atoms with Gasteiger partial charge in [-0.05, 0) is 43.7 Å². The number of hydrogen-bond donors (Lipinski definition) is 1. The van der Waals surface area contributed by atoms with Crippen LogP contribution in [-0.2, 0) is 17.9 Å². The Balaban J connectivity index is 1.67. The highest BCUT2D eigenvalue weighted by Gasteiger charge is 2.20. The maximum atomic E-state index is 12.5. The molecule has 1 aromatic heterocycles. The zero-order valence-corrected chi connectivity index (χ0v) is 17.1. The molecule has 28 heavy (non-hydrogen) atoms. The fourth-order valence-electron chi connectivity index (χ4n) is 2.75. The molecular formula is C21H24N4O2S. The molecule has 0 spiro atoms. The predicted octanol–water partition coefficient (Wildman–Crippen LogP) is 3.77. The minimum absolute atomic E-state index is 0.0227. The molecule has 2 aromatic carbocycles. The standard InChI is InChI=1S/C21H24N4O2S/c1-4-25-19(17-10-12-18(27-3)13-11-17)23-24-21(25)28-15(2)20(26)22-14-16-8-6-5-7-9-16/h5-13,15H,4,14H2,1-3H3,(H,22,26). The van der Waals surface area contributed by atoms with Crippen molar-refractivity contribution in [3.05, 3.63) is 60.2 Å². The zero-order chi connectivity index (χ0) is 19.9. The second kappa shape index (κ2) is 9.41. The van der Waals surface area contributed by atoms with E-state index in [-0.39, 0.29) is 11.2 Å². The van der Waals surface area contributed by atoms with Crippen molar-refractivity contribution >= 4 is 17.7 Å². The average Bonchev–Trinajstić information content (AvgIpc) is 3.15. The average molecular weight is 397 g/mol. The Labute approximate surface area is 169 Å². The lowest BCUT2D eigenvalue weighted by molar-refractivity contribution is -0.120. The van der Waals surface area contributed by atoms with Gasteiger partial charge >= 0.3 is 0 Å². The Hall–Kier alpha value is -2.80. The highest BCUT2D eigenvalue weighted by Crippen LogP contribution is 2.27. The first-order valence-electron chi connectivity index (χ1n) is 9.18. The summed E-state index contributed by atoms with van der Waals surface area (Å²) >= 11 is 1.41. The normalized spacial score (nSPS) is 11.8. The quantitative estimate of drug-likeness (QED) is 0.587. The van der Waals surface area contributed by atoms with Crippen molar-refractivity contribution in [2.45, 2.75) is 37.3 Å². The zero-order valence-electron chi connectivity index (χ0n) is 16.3. The first-order chi connectivity index (χ1) is 13.6. The van der Waals surface area contributed by atoms with Gasteiger partial charge in [0.1, 0.15) is 5.75 Å². The fourth-order valence-corrected chi connectivity index (χ4v) is 3.69. The number of hydrogen-bond acceptors (Lipinski definition) is 5. The molecule has 0 saturated heterocycles. The third-order valence-corrected chi connectivity index (χ3v) is 5.42. The number of amides is 1. The summed E-state index contributed by atoms with van der Waals surface area (Å²) in [5, 5.41) is 12.1. The van der Waals surface area contributed by atoms with Crippen molar-refractivity contribution in [1.29, 1.82) is 0 Å². The molecular weight excluding hydrogens is 372 g/mol. The van der Waals surface area contributed by atoms with Gasteiger partial charge in [0.2, 0.25) is 5.91 Å². The third-order valence-electron chi connectivity index (χ3n) is 4.34. The molecule has 146 valence electrons. The molecule has 0 bridgehead atoms. The topological polar surface area (TPSA) is 69.0 Å². The first-order valence-corrected chi connectivity index (χ1v) is 10.1. The monoisotopic (exact) mass is 396 g/mol. The molecule has 1 atom stereocenters. The SMILES string of the molecule is CCn1c(SC(C)C(=O)NCc2ccccc2)nnc1-c1ccc(OC)cc1. The highest BCUT2D eigenvalue weighted by molar-refractivity contribution is 8.00. The van der Waals surface area contributed by atoms with Crippen LogP contribution in [0.5, 0.6) is 5.75 Å². The summed E-state index contributed by atoms with van der Waals surface area (Å²) in [6, 6.07) is 17.6. The molecule has 1 amide bonds. The lowest BCUT2D eigenvalue weighted by Crippen LogP contribution is -2.30. The highest BCUT2D eigenvalue weighted by atomic mass is 32.2. The van der Waals surface area contributed by atoms with Gasteiger partial charge in [-0.15, -0.1) is 10.2 Å². The van der Waals surface area contributed by atoms with E-state index in [4.69, 9.17) is 4.74 Å². The Morgan fingerprint density at radius 1 is 1.14 bits per heavy atom. The number of carbonyl (C=O) groups excluding carboxylic acids is 1. The van der Waals surface area contributed by atoms with Gasteiger partial charge < -0.3 is 14.6 Å². The number of aromatic nitrogens is 3. The molecule has 0 aliphatic carbocycles. The number of nitrogens with one attached hydrogen (secondary N) is 1. The number of benzene rings is 2. The van der Waals surface area contributed by atoms with Crippen LogP contribution in [0, 0.1) is 0 Å². The Morgan fingerprint density at radius 3 is 2.50 bits per heavy atom. The number of nitrogens with zero attached hydrogens (tertiary/aromatic N) is 3. The fraction of sp³-hybridized carbons (Fsp3) is 0.286. The molecule has 7 heteroatoms. The number of methoxy groups -OCH3 is 1. The summed E-state index contributed by atoms with van der Waals surface area (Å²) in [6.07, 6.45) is 0. The van der Waals surface area contributed by atoms with Gasteiger partial charge in [0.15, 0.2) is 11.0 Å². The number of rotatable bonds is 8. The summed E-state index contributed by atoms with van der Waals surface area (Å²) in [6.45, 7) is 5.16. The molecule has 3 aromatic rings. The van der Waals surface area contributed by atoms with Crippen molar-refractivity contribution in [3.63, 3.8) is 0 Å². The molecule has 0 aliphatic heterocycles. The van der Waals surface area contributed by atoms with Crippen LogP contribution in [0.15, 0.2) is 59.8 Å². The van der Waals surface area contributed by atoms with Crippen molar-refractivity contribution in [1.82, 2.24) is 20.1 Å². The molecule has 0 fully saturated rings. The van der Waals surface area contributed by atoms with E-state index in [0.29, 0.717) is 6.54 Å². The summed E-state index contributed by atoms with van der Waals surface area (Å²) in [5.74, 6) is 1.56. The van der Waals surface area contributed by atoms with Crippen molar-refractivity contribution in [2.75, 3.05) is 7.11 Å². The van der Waals surface area contributed by atoms with E-state index < -0.39 is 0 Å². The lowest BCUT2D eigenvalue weighted by atomic mass is 10.2. The second-order valence-corrected chi connectivity index (χ2v) is 7.55. The van der Waals surface area contributed by atoms with Crippen molar-refractivity contribution in [2.24, 2.45) is 0 Å². The Bertz CT molecular complexity index is 910. The molecule has 0 radical (unpaired) electrons. The Kier molecular flexibility index (Phi) is 6.71. The minimum Gasteiger partial charge on any atom is -0.497 e. The molecule has 1 heterocycles. The van der Waals surface area contributed by atoms with Gasteiger partial charge in [-0.3, -0.25) is 4.79 Å². The van der Waals surface area contributed by atoms with E-state index in [1.165, 1.54) is 11.8 Å². The summed E-state index contributed by atoms with van der Waals surface area (Å²) in [7, 11) is 1.64. The van der Waals surface area contributed by atoms with Gasteiger partial charge in [0.05, 0.1) is 12.4 Å². The maximum absolute atomic E-state index is 12.5. The van der Waals surface area contributed by atoms with Crippen LogP contribution in [0.1, 0.15) is 19.4 Å². The van der Waals surface area contributed by atoms with Crippen LogP contribution in [0.2, 0.25) is 0 Å². The van der Waals surface area contributed by atoms with Crippen molar-refractivity contribution < 1.29 is 9.53 Å². The van der Waals surface area contributed by atoms with Gasteiger partial charge in [-0.1, -0.05) is 42.1 Å². The largest absolute Gasteiger partial charge is 0.497 e. The summed E-state index contributed by atoms with van der Waals surface area (Å²) < 4.78 is 7.23. The maximum Gasteiger partial charge on any atom is 0.233 e. The van der Waals surface area contributed by atoms with Crippen molar-refractivity contribution in [3.8, 4) is 17.1 Å². The number of thioether (sulfide) groups is 1. The van der Waals surface area contributed by atoms with E-state index in [1.54, 1.807) is 7.11 Å². The van der Waals surface area contributed by atoms with Gasteiger partial charge in [-0.2, -0.15) is 0 Å². The van der Waals surface area contributed by atoms with Crippen LogP contribution in [0.25, 0.3) is 11.4 Å². The molecule has 6 nitrogen and oxygen atoms in total.